The number of nitrogens with one attached hydrogen (secondary N) is 1. The van der Waals surface area contributed by atoms with Crippen LogP contribution in [-0.4, -0.2) is 23.5 Å². The molecular formula is C11H12BrFN2O4. The molecule has 0 saturated heterocycles. The number of anilines is 1. The van der Waals surface area contributed by atoms with Gasteiger partial charge in [0.1, 0.15) is 17.5 Å². The molecule has 0 aromatic heterocycles. The van der Waals surface area contributed by atoms with E-state index in [0.29, 0.717) is 0 Å². The molecule has 0 amide bonds. The second kappa shape index (κ2) is 6.46. The van der Waals surface area contributed by atoms with Gasteiger partial charge in [-0.05, 0) is 29.8 Å². The summed E-state index contributed by atoms with van der Waals surface area (Å²) in [7, 11) is 0. The molecule has 1 aromatic carbocycles. The van der Waals surface area contributed by atoms with Crippen LogP contribution in [0.4, 0.5) is 15.8 Å². The molecule has 0 aliphatic heterocycles. The van der Waals surface area contributed by atoms with E-state index in [0.717, 1.165) is 12.1 Å². The molecule has 1 rings (SSSR count). The summed E-state index contributed by atoms with van der Waals surface area (Å²) in [6.45, 7) is 3.32. The molecule has 0 bridgehead atoms. The highest BCUT2D eigenvalue weighted by atomic mass is 79.9. The molecular weight excluding hydrogens is 323 g/mol. The Morgan fingerprint density at radius 1 is 1.63 bits per heavy atom. The van der Waals surface area contributed by atoms with Gasteiger partial charge in [0.15, 0.2) is 0 Å². The first-order valence-corrected chi connectivity index (χ1v) is 6.22. The second-order valence-corrected chi connectivity index (χ2v) is 4.51. The maximum atomic E-state index is 13.4. The summed E-state index contributed by atoms with van der Waals surface area (Å²) < 4.78 is 18.1. The summed E-state index contributed by atoms with van der Waals surface area (Å²) in [5, 5.41) is 13.4. The highest BCUT2D eigenvalue weighted by molar-refractivity contribution is 9.10. The fraction of sp³-hybridized carbons (Fsp3) is 0.364. The number of nitro benzene ring substituents is 1. The van der Waals surface area contributed by atoms with Gasteiger partial charge < -0.3 is 10.1 Å². The Bertz CT molecular complexity index is 510. The van der Waals surface area contributed by atoms with Crippen LogP contribution in [-0.2, 0) is 9.53 Å². The Morgan fingerprint density at radius 2 is 2.26 bits per heavy atom. The van der Waals surface area contributed by atoms with Gasteiger partial charge in [0.05, 0.1) is 16.0 Å². The predicted molar refractivity (Wildman–Crippen MR) is 70.5 cm³/mol. The summed E-state index contributed by atoms with van der Waals surface area (Å²) >= 11 is 2.87. The topological polar surface area (TPSA) is 81.5 Å². The molecule has 8 heteroatoms. The van der Waals surface area contributed by atoms with Crippen molar-refractivity contribution in [3.05, 3.63) is 32.5 Å². The molecule has 0 spiro atoms. The van der Waals surface area contributed by atoms with Crippen molar-refractivity contribution in [3.8, 4) is 0 Å². The lowest BCUT2D eigenvalue weighted by molar-refractivity contribution is -0.384. The van der Waals surface area contributed by atoms with Gasteiger partial charge in [0, 0.05) is 12.1 Å². The van der Waals surface area contributed by atoms with Crippen LogP contribution in [0.25, 0.3) is 0 Å². The third-order valence-electron chi connectivity index (χ3n) is 2.25. The van der Waals surface area contributed by atoms with Crippen molar-refractivity contribution in [1.82, 2.24) is 0 Å². The van der Waals surface area contributed by atoms with Crippen molar-refractivity contribution < 1.29 is 18.8 Å². The van der Waals surface area contributed by atoms with Crippen molar-refractivity contribution in [2.24, 2.45) is 0 Å². The number of carbonyl (C=O) groups excluding carboxylic acids is 1. The number of esters is 1. The standard InChI is InChI=1S/C11H12BrFN2O4/c1-3-19-11(16)6(2)14-9-5-8(13)7(12)4-10(9)15(17)18/h4-6,14H,3H2,1-2H3. The van der Waals surface area contributed by atoms with E-state index in [-0.39, 0.29) is 22.5 Å². The molecule has 0 fully saturated rings. The minimum Gasteiger partial charge on any atom is -0.464 e. The lowest BCUT2D eigenvalue weighted by atomic mass is 10.2. The number of rotatable bonds is 5. The fourth-order valence-electron chi connectivity index (χ4n) is 1.36. The summed E-state index contributed by atoms with van der Waals surface area (Å²) in [6.07, 6.45) is 0. The Labute approximate surface area is 117 Å². The number of ether oxygens (including phenoxy) is 1. The number of carbonyl (C=O) groups is 1. The van der Waals surface area contributed by atoms with Crippen LogP contribution in [0.3, 0.4) is 0 Å². The van der Waals surface area contributed by atoms with Crippen molar-refractivity contribution in [2.75, 3.05) is 11.9 Å². The molecule has 1 atom stereocenters. The zero-order valence-electron chi connectivity index (χ0n) is 10.3. The zero-order chi connectivity index (χ0) is 14.6. The average Bonchev–Trinajstić information content (AvgIpc) is 2.33. The molecule has 0 radical (unpaired) electrons. The lowest BCUT2D eigenvalue weighted by Crippen LogP contribution is -2.28. The van der Waals surface area contributed by atoms with Gasteiger partial charge >= 0.3 is 5.97 Å². The van der Waals surface area contributed by atoms with Gasteiger partial charge in [-0.25, -0.2) is 9.18 Å². The largest absolute Gasteiger partial charge is 0.464 e. The Balaban J connectivity index is 3.03. The van der Waals surface area contributed by atoms with E-state index in [4.69, 9.17) is 4.74 Å². The van der Waals surface area contributed by atoms with E-state index in [1.807, 2.05) is 0 Å². The number of nitrogens with zero attached hydrogens (tertiary/aromatic N) is 1. The Kier molecular flexibility index (Phi) is 5.22. The van der Waals surface area contributed by atoms with Crippen molar-refractivity contribution >= 4 is 33.3 Å². The number of hydrogen-bond donors (Lipinski definition) is 1. The average molecular weight is 335 g/mol. The molecule has 19 heavy (non-hydrogen) atoms. The Morgan fingerprint density at radius 3 is 2.79 bits per heavy atom. The smallest absolute Gasteiger partial charge is 0.328 e. The first kappa shape index (κ1) is 15.4. The van der Waals surface area contributed by atoms with Crippen LogP contribution < -0.4 is 5.32 Å². The molecule has 0 heterocycles. The van der Waals surface area contributed by atoms with E-state index in [2.05, 4.69) is 21.2 Å². The van der Waals surface area contributed by atoms with Crippen LogP contribution in [0.5, 0.6) is 0 Å². The van der Waals surface area contributed by atoms with Crippen LogP contribution in [0.2, 0.25) is 0 Å². The van der Waals surface area contributed by atoms with E-state index in [9.17, 15) is 19.3 Å². The third-order valence-corrected chi connectivity index (χ3v) is 2.86. The molecule has 6 nitrogen and oxygen atoms in total. The maximum Gasteiger partial charge on any atom is 0.328 e. The minimum atomic E-state index is -0.820. The first-order valence-electron chi connectivity index (χ1n) is 5.43. The normalized spacial score (nSPS) is 11.8. The van der Waals surface area contributed by atoms with Gasteiger partial charge in [-0.3, -0.25) is 10.1 Å². The van der Waals surface area contributed by atoms with Crippen LogP contribution in [0, 0.1) is 15.9 Å². The molecule has 0 aliphatic rings. The minimum absolute atomic E-state index is 0.0199. The second-order valence-electron chi connectivity index (χ2n) is 3.66. The van der Waals surface area contributed by atoms with Gasteiger partial charge in [-0.1, -0.05) is 0 Å². The highest BCUT2D eigenvalue weighted by Gasteiger charge is 2.22. The predicted octanol–water partition coefficient (Wildman–Crippen LogP) is 2.86. The first-order chi connectivity index (χ1) is 8.86. The molecule has 1 aromatic rings. The maximum absolute atomic E-state index is 13.4. The van der Waals surface area contributed by atoms with Crippen molar-refractivity contribution in [2.45, 2.75) is 19.9 Å². The number of nitro groups is 1. The summed E-state index contributed by atoms with van der Waals surface area (Å²) in [5.74, 6) is -1.23. The zero-order valence-corrected chi connectivity index (χ0v) is 11.9. The van der Waals surface area contributed by atoms with Crippen LogP contribution in [0.15, 0.2) is 16.6 Å². The van der Waals surface area contributed by atoms with Gasteiger partial charge in [0.2, 0.25) is 0 Å². The number of hydrogen-bond acceptors (Lipinski definition) is 5. The fourth-order valence-corrected chi connectivity index (χ4v) is 1.69. The van der Waals surface area contributed by atoms with Crippen molar-refractivity contribution in [1.29, 1.82) is 0 Å². The molecule has 0 saturated carbocycles. The number of halogens is 2. The van der Waals surface area contributed by atoms with Crippen molar-refractivity contribution in [3.63, 3.8) is 0 Å². The van der Waals surface area contributed by atoms with E-state index in [1.54, 1.807) is 6.92 Å². The van der Waals surface area contributed by atoms with E-state index >= 15 is 0 Å². The third kappa shape index (κ3) is 3.88. The molecule has 104 valence electrons. The number of benzene rings is 1. The molecule has 1 unspecified atom stereocenters. The molecule has 1 N–H and O–H groups in total. The quantitative estimate of drug-likeness (QED) is 0.508. The summed E-state index contributed by atoms with van der Waals surface area (Å²) in [5.41, 5.74) is -0.407. The Hall–Kier alpha value is -1.70. The summed E-state index contributed by atoms with van der Waals surface area (Å²) in [6, 6.07) is 1.17. The van der Waals surface area contributed by atoms with Gasteiger partial charge in [0.25, 0.3) is 5.69 Å². The van der Waals surface area contributed by atoms with E-state index in [1.165, 1.54) is 6.92 Å². The highest BCUT2D eigenvalue weighted by Crippen LogP contribution is 2.31. The van der Waals surface area contributed by atoms with Crippen LogP contribution >= 0.6 is 15.9 Å². The molecule has 0 aliphatic carbocycles. The van der Waals surface area contributed by atoms with Gasteiger partial charge in [-0.2, -0.15) is 0 Å². The SMILES string of the molecule is CCOC(=O)C(C)Nc1cc(F)c(Br)cc1[N+](=O)[O-]. The van der Waals surface area contributed by atoms with Gasteiger partial charge in [-0.15, -0.1) is 0 Å². The lowest BCUT2D eigenvalue weighted by Gasteiger charge is -2.14. The summed E-state index contributed by atoms with van der Waals surface area (Å²) in [4.78, 5) is 21.6. The monoisotopic (exact) mass is 334 g/mol. The van der Waals surface area contributed by atoms with E-state index < -0.39 is 22.8 Å². The van der Waals surface area contributed by atoms with Crippen LogP contribution in [0.1, 0.15) is 13.8 Å².